The molecule has 2 nitrogen and oxygen atoms in total. The standard InChI is InChI=1S/C10H20F3NO/c1-4-5-14-6-9(8(2)3)15-7-10(11,12)13/h8-9,14H,4-7H2,1-3H3. The third-order valence-corrected chi connectivity index (χ3v) is 1.98. The van der Waals surface area contributed by atoms with E-state index in [1.807, 2.05) is 20.8 Å². The minimum atomic E-state index is -4.24. The quantitative estimate of drug-likeness (QED) is 0.675. The summed E-state index contributed by atoms with van der Waals surface area (Å²) in [6, 6.07) is 0. The van der Waals surface area contributed by atoms with E-state index in [-0.39, 0.29) is 12.0 Å². The zero-order valence-corrected chi connectivity index (χ0v) is 9.53. The zero-order chi connectivity index (χ0) is 11.9. The molecular weight excluding hydrogens is 207 g/mol. The first kappa shape index (κ1) is 14.7. The summed E-state index contributed by atoms with van der Waals surface area (Å²) in [5.74, 6) is 0.0803. The van der Waals surface area contributed by atoms with Crippen molar-refractivity contribution in [3.8, 4) is 0 Å². The van der Waals surface area contributed by atoms with Gasteiger partial charge >= 0.3 is 6.18 Å². The molecule has 5 heteroatoms. The van der Waals surface area contributed by atoms with Crippen LogP contribution in [0.15, 0.2) is 0 Å². The van der Waals surface area contributed by atoms with Gasteiger partial charge in [0.05, 0.1) is 6.10 Å². The fraction of sp³-hybridized carbons (Fsp3) is 1.00. The van der Waals surface area contributed by atoms with E-state index in [9.17, 15) is 13.2 Å². The molecular formula is C10H20F3NO. The van der Waals surface area contributed by atoms with Crippen molar-refractivity contribution in [3.05, 3.63) is 0 Å². The number of hydrogen-bond donors (Lipinski definition) is 1. The lowest BCUT2D eigenvalue weighted by atomic mass is 10.1. The Kier molecular flexibility index (Phi) is 6.92. The van der Waals surface area contributed by atoms with Crippen LogP contribution in [0.5, 0.6) is 0 Å². The normalized spacial score (nSPS) is 14.6. The molecule has 1 unspecified atom stereocenters. The van der Waals surface area contributed by atoms with Gasteiger partial charge in [0.15, 0.2) is 0 Å². The molecule has 1 atom stereocenters. The molecule has 0 aromatic heterocycles. The smallest absolute Gasteiger partial charge is 0.367 e. The van der Waals surface area contributed by atoms with E-state index in [1.54, 1.807) is 0 Å². The van der Waals surface area contributed by atoms with E-state index < -0.39 is 12.8 Å². The fourth-order valence-electron chi connectivity index (χ4n) is 1.11. The van der Waals surface area contributed by atoms with Crippen molar-refractivity contribution >= 4 is 0 Å². The van der Waals surface area contributed by atoms with Gasteiger partial charge in [0.2, 0.25) is 0 Å². The summed E-state index contributed by atoms with van der Waals surface area (Å²) in [5.41, 5.74) is 0. The molecule has 0 aliphatic carbocycles. The van der Waals surface area contributed by atoms with E-state index in [4.69, 9.17) is 4.74 Å². The second kappa shape index (κ2) is 7.06. The van der Waals surface area contributed by atoms with Crippen LogP contribution >= 0.6 is 0 Å². The van der Waals surface area contributed by atoms with Crippen molar-refractivity contribution in [2.24, 2.45) is 5.92 Å². The molecule has 0 radical (unpaired) electrons. The monoisotopic (exact) mass is 227 g/mol. The van der Waals surface area contributed by atoms with Gasteiger partial charge in [-0.25, -0.2) is 0 Å². The lowest BCUT2D eigenvalue weighted by Crippen LogP contribution is -2.36. The number of halogens is 3. The van der Waals surface area contributed by atoms with Crippen molar-refractivity contribution < 1.29 is 17.9 Å². The van der Waals surface area contributed by atoms with Crippen LogP contribution in [0, 0.1) is 5.92 Å². The molecule has 0 fully saturated rings. The van der Waals surface area contributed by atoms with E-state index in [0.717, 1.165) is 13.0 Å². The van der Waals surface area contributed by atoms with E-state index in [2.05, 4.69) is 5.32 Å². The number of nitrogens with one attached hydrogen (secondary N) is 1. The molecule has 0 bridgehead atoms. The number of rotatable bonds is 7. The molecule has 0 aliphatic rings. The van der Waals surface area contributed by atoms with Crippen LogP contribution in [0.25, 0.3) is 0 Å². The van der Waals surface area contributed by atoms with Gasteiger partial charge in [-0.3, -0.25) is 0 Å². The van der Waals surface area contributed by atoms with Crippen LogP contribution in [0.3, 0.4) is 0 Å². The van der Waals surface area contributed by atoms with Crippen LogP contribution < -0.4 is 5.32 Å². The SMILES string of the molecule is CCCNCC(OCC(F)(F)F)C(C)C. The number of ether oxygens (including phenoxy) is 1. The van der Waals surface area contributed by atoms with E-state index in [1.165, 1.54) is 0 Å². The molecule has 15 heavy (non-hydrogen) atoms. The van der Waals surface area contributed by atoms with Gasteiger partial charge in [0.1, 0.15) is 6.61 Å². The van der Waals surface area contributed by atoms with E-state index >= 15 is 0 Å². The highest BCUT2D eigenvalue weighted by molar-refractivity contribution is 4.66. The highest BCUT2D eigenvalue weighted by Gasteiger charge is 2.29. The van der Waals surface area contributed by atoms with Crippen molar-refractivity contribution in [1.82, 2.24) is 5.32 Å². The maximum atomic E-state index is 11.9. The first-order valence-corrected chi connectivity index (χ1v) is 5.26. The third kappa shape index (κ3) is 8.69. The lowest BCUT2D eigenvalue weighted by Gasteiger charge is -2.22. The second-order valence-electron chi connectivity index (χ2n) is 3.91. The minimum absolute atomic E-state index is 0.0803. The molecule has 0 heterocycles. The molecule has 1 N–H and O–H groups in total. The summed E-state index contributed by atoms with van der Waals surface area (Å²) in [4.78, 5) is 0. The highest BCUT2D eigenvalue weighted by Crippen LogP contribution is 2.17. The maximum Gasteiger partial charge on any atom is 0.411 e. The van der Waals surface area contributed by atoms with Crippen molar-refractivity contribution in [1.29, 1.82) is 0 Å². The number of alkyl halides is 3. The molecule has 0 rings (SSSR count). The zero-order valence-electron chi connectivity index (χ0n) is 9.53. The molecule has 0 aliphatic heterocycles. The highest BCUT2D eigenvalue weighted by atomic mass is 19.4. The number of hydrogen-bond acceptors (Lipinski definition) is 2. The van der Waals surface area contributed by atoms with Crippen molar-refractivity contribution in [2.75, 3.05) is 19.7 Å². The van der Waals surface area contributed by atoms with Gasteiger partial charge < -0.3 is 10.1 Å². The molecule has 92 valence electrons. The Balaban J connectivity index is 3.84. The fourth-order valence-corrected chi connectivity index (χ4v) is 1.11. The van der Waals surface area contributed by atoms with Gasteiger partial charge in [0, 0.05) is 6.54 Å². The summed E-state index contributed by atoms with van der Waals surface area (Å²) in [7, 11) is 0. The first-order chi connectivity index (χ1) is 6.87. The summed E-state index contributed by atoms with van der Waals surface area (Å²) in [6.45, 7) is 5.83. The van der Waals surface area contributed by atoms with Gasteiger partial charge in [-0.1, -0.05) is 20.8 Å². The summed E-state index contributed by atoms with van der Waals surface area (Å²) < 4.78 is 40.6. The Morgan fingerprint density at radius 1 is 1.27 bits per heavy atom. The largest absolute Gasteiger partial charge is 0.411 e. The minimum Gasteiger partial charge on any atom is -0.367 e. The van der Waals surface area contributed by atoms with Crippen molar-refractivity contribution in [3.63, 3.8) is 0 Å². The molecule has 0 saturated carbocycles. The summed E-state index contributed by atoms with van der Waals surface area (Å²) >= 11 is 0. The Morgan fingerprint density at radius 3 is 2.27 bits per heavy atom. The molecule has 0 saturated heterocycles. The molecule has 0 amide bonds. The lowest BCUT2D eigenvalue weighted by molar-refractivity contribution is -0.188. The third-order valence-electron chi connectivity index (χ3n) is 1.98. The summed E-state index contributed by atoms with van der Waals surface area (Å²) in [5, 5.41) is 3.06. The van der Waals surface area contributed by atoms with Crippen LogP contribution in [0.2, 0.25) is 0 Å². The molecule has 0 spiro atoms. The second-order valence-corrected chi connectivity index (χ2v) is 3.91. The summed E-state index contributed by atoms with van der Waals surface area (Å²) in [6.07, 6.45) is -3.65. The van der Waals surface area contributed by atoms with E-state index in [0.29, 0.717) is 6.54 Å². The predicted octanol–water partition coefficient (Wildman–Crippen LogP) is 2.59. The molecule has 0 aromatic carbocycles. The van der Waals surface area contributed by atoms with Gasteiger partial charge in [-0.2, -0.15) is 13.2 Å². The van der Waals surface area contributed by atoms with Crippen LogP contribution in [-0.4, -0.2) is 32.0 Å². The topological polar surface area (TPSA) is 21.3 Å². The van der Waals surface area contributed by atoms with Crippen LogP contribution in [0.1, 0.15) is 27.2 Å². The van der Waals surface area contributed by atoms with Gasteiger partial charge in [0.25, 0.3) is 0 Å². The predicted molar refractivity (Wildman–Crippen MR) is 53.8 cm³/mol. The van der Waals surface area contributed by atoms with Crippen LogP contribution in [-0.2, 0) is 4.74 Å². The average Bonchev–Trinajstić information content (AvgIpc) is 2.08. The van der Waals surface area contributed by atoms with Crippen LogP contribution in [0.4, 0.5) is 13.2 Å². The Labute approximate surface area is 89.2 Å². The maximum absolute atomic E-state index is 11.9. The van der Waals surface area contributed by atoms with Gasteiger partial charge in [-0.15, -0.1) is 0 Å². The van der Waals surface area contributed by atoms with Gasteiger partial charge in [-0.05, 0) is 18.9 Å². The Hall–Kier alpha value is -0.290. The van der Waals surface area contributed by atoms with Crippen molar-refractivity contribution in [2.45, 2.75) is 39.5 Å². The average molecular weight is 227 g/mol. The first-order valence-electron chi connectivity index (χ1n) is 5.26. The Morgan fingerprint density at radius 2 is 1.87 bits per heavy atom. The molecule has 0 aromatic rings. The Bertz CT molecular complexity index is 159.